The number of allylic oxidation sites excluding steroid dienone is 7. The first-order valence-electron chi connectivity index (χ1n) is 5.41. The smallest absolute Gasteiger partial charge is 0.0271 e. The summed E-state index contributed by atoms with van der Waals surface area (Å²) in [6.07, 6.45) is 13.8. The molecule has 0 unspecified atom stereocenters. The molecule has 0 saturated heterocycles. The molecule has 0 fully saturated rings. The van der Waals surface area contributed by atoms with Crippen LogP contribution in [0, 0.1) is 0 Å². The predicted molar refractivity (Wildman–Crippen MR) is 66.4 cm³/mol. The van der Waals surface area contributed by atoms with Crippen molar-refractivity contribution < 1.29 is 0 Å². The van der Waals surface area contributed by atoms with Gasteiger partial charge in [0.25, 0.3) is 0 Å². The van der Waals surface area contributed by atoms with Gasteiger partial charge in [0, 0.05) is 0 Å². The molecule has 0 saturated carbocycles. The van der Waals surface area contributed by atoms with E-state index in [0.29, 0.717) is 0 Å². The van der Waals surface area contributed by atoms with Crippen molar-refractivity contribution in [3.8, 4) is 0 Å². The van der Waals surface area contributed by atoms with Crippen LogP contribution in [-0.4, -0.2) is 0 Å². The maximum atomic E-state index is 3.68. The summed E-state index contributed by atoms with van der Waals surface area (Å²) >= 11 is 0. The Labute approximate surface area is 88.7 Å². The summed E-state index contributed by atoms with van der Waals surface area (Å²) in [4.78, 5) is 0. The van der Waals surface area contributed by atoms with Crippen LogP contribution in [0.2, 0.25) is 0 Å². The summed E-state index contributed by atoms with van der Waals surface area (Å²) in [5.41, 5.74) is 2.78. The summed E-state index contributed by atoms with van der Waals surface area (Å²) in [7, 11) is 0. The van der Waals surface area contributed by atoms with Crippen LogP contribution in [-0.2, 0) is 0 Å². The van der Waals surface area contributed by atoms with Crippen LogP contribution in [0.3, 0.4) is 0 Å². The van der Waals surface area contributed by atoms with Gasteiger partial charge in [0.1, 0.15) is 0 Å². The van der Waals surface area contributed by atoms with Gasteiger partial charge in [0.05, 0.1) is 0 Å². The number of hydrogen-bond donors (Lipinski definition) is 0. The first-order valence-corrected chi connectivity index (χ1v) is 5.41. The van der Waals surface area contributed by atoms with Crippen molar-refractivity contribution in [1.29, 1.82) is 0 Å². The summed E-state index contributed by atoms with van der Waals surface area (Å²) in [6.45, 7) is 10.2. The fourth-order valence-corrected chi connectivity index (χ4v) is 1.28. The molecular formula is C14H22. The Kier molecular flexibility index (Phi) is 7.92. The zero-order valence-corrected chi connectivity index (χ0v) is 9.72. The van der Waals surface area contributed by atoms with E-state index in [4.69, 9.17) is 0 Å². The molecular weight excluding hydrogens is 168 g/mol. The van der Waals surface area contributed by atoms with Crippen molar-refractivity contribution in [2.45, 2.75) is 40.0 Å². The number of hydrogen-bond acceptors (Lipinski definition) is 0. The molecule has 0 bridgehead atoms. The largest absolute Gasteiger partial charge is 0.0991 e. The molecule has 0 amide bonds. The van der Waals surface area contributed by atoms with Crippen molar-refractivity contribution in [2.75, 3.05) is 0 Å². The summed E-state index contributed by atoms with van der Waals surface area (Å²) in [6, 6.07) is 0. The SMILES string of the molecule is C=C\C=C/C(/C=C\CC)=C(/C)CCC. The lowest BCUT2D eigenvalue weighted by molar-refractivity contribution is 0.899. The van der Waals surface area contributed by atoms with Crippen molar-refractivity contribution in [1.82, 2.24) is 0 Å². The second-order valence-corrected chi connectivity index (χ2v) is 3.39. The molecule has 0 nitrogen and oxygen atoms in total. The molecule has 0 heteroatoms. The Morgan fingerprint density at radius 1 is 1.21 bits per heavy atom. The predicted octanol–water partition coefficient (Wildman–Crippen LogP) is 4.81. The average molecular weight is 190 g/mol. The first-order chi connectivity index (χ1) is 6.76. The topological polar surface area (TPSA) is 0 Å². The first kappa shape index (κ1) is 13.0. The van der Waals surface area contributed by atoms with Gasteiger partial charge >= 0.3 is 0 Å². The lowest BCUT2D eigenvalue weighted by Gasteiger charge is -2.02. The molecule has 0 radical (unpaired) electrons. The fourth-order valence-electron chi connectivity index (χ4n) is 1.28. The van der Waals surface area contributed by atoms with Gasteiger partial charge in [0.15, 0.2) is 0 Å². The number of rotatable bonds is 6. The standard InChI is InChI=1S/C14H22/c1-5-8-11-14(12-9-6-2)13(4)10-7-3/h5,8-9,11-12H,1,6-7,10H2,2-4H3/b11-8-,12-9-,14-13+. The molecule has 0 aromatic rings. The van der Waals surface area contributed by atoms with Crippen LogP contribution in [0.1, 0.15) is 40.0 Å². The van der Waals surface area contributed by atoms with Crippen LogP contribution < -0.4 is 0 Å². The zero-order valence-electron chi connectivity index (χ0n) is 9.72. The molecule has 0 aliphatic heterocycles. The van der Waals surface area contributed by atoms with E-state index in [1.54, 1.807) is 0 Å². The van der Waals surface area contributed by atoms with Crippen molar-refractivity contribution in [2.24, 2.45) is 0 Å². The second kappa shape index (κ2) is 8.55. The minimum absolute atomic E-state index is 1.09. The molecule has 0 rings (SSSR count). The molecule has 0 atom stereocenters. The van der Waals surface area contributed by atoms with E-state index >= 15 is 0 Å². The summed E-state index contributed by atoms with van der Waals surface area (Å²) < 4.78 is 0. The minimum atomic E-state index is 1.09. The van der Waals surface area contributed by atoms with Crippen molar-refractivity contribution >= 4 is 0 Å². The molecule has 0 aromatic carbocycles. The van der Waals surface area contributed by atoms with Gasteiger partial charge in [-0.25, -0.2) is 0 Å². The highest BCUT2D eigenvalue weighted by atomic mass is 14.0. The van der Waals surface area contributed by atoms with E-state index in [2.05, 4.69) is 45.6 Å². The van der Waals surface area contributed by atoms with E-state index in [-0.39, 0.29) is 0 Å². The summed E-state index contributed by atoms with van der Waals surface area (Å²) in [5.74, 6) is 0. The Morgan fingerprint density at radius 2 is 1.93 bits per heavy atom. The molecule has 0 N–H and O–H groups in total. The van der Waals surface area contributed by atoms with Crippen LogP contribution in [0.15, 0.2) is 48.1 Å². The molecule has 0 spiro atoms. The van der Waals surface area contributed by atoms with Gasteiger partial charge in [-0.2, -0.15) is 0 Å². The highest BCUT2D eigenvalue weighted by molar-refractivity contribution is 5.36. The highest BCUT2D eigenvalue weighted by Crippen LogP contribution is 2.13. The zero-order chi connectivity index (χ0) is 10.8. The molecule has 0 aliphatic rings. The Morgan fingerprint density at radius 3 is 2.43 bits per heavy atom. The third-order valence-corrected chi connectivity index (χ3v) is 2.06. The molecule has 0 aromatic heterocycles. The van der Waals surface area contributed by atoms with Crippen molar-refractivity contribution in [3.05, 3.63) is 48.1 Å². The maximum Gasteiger partial charge on any atom is -0.0271 e. The lowest BCUT2D eigenvalue weighted by Crippen LogP contribution is -1.82. The fraction of sp³-hybridized carbons (Fsp3) is 0.429. The van der Waals surface area contributed by atoms with E-state index in [1.807, 2.05) is 12.2 Å². The van der Waals surface area contributed by atoms with Gasteiger partial charge < -0.3 is 0 Å². The molecule has 78 valence electrons. The van der Waals surface area contributed by atoms with Crippen LogP contribution in [0.4, 0.5) is 0 Å². The minimum Gasteiger partial charge on any atom is -0.0991 e. The summed E-state index contributed by atoms with van der Waals surface area (Å²) in [5, 5.41) is 0. The van der Waals surface area contributed by atoms with E-state index in [9.17, 15) is 0 Å². The van der Waals surface area contributed by atoms with Gasteiger partial charge in [-0.15, -0.1) is 0 Å². The van der Waals surface area contributed by atoms with Gasteiger partial charge in [0.2, 0.25) is 0 Å². The van der Waals surface area contributed by atoms with Crippen molar-refractivity contribution in [3.63, 3.8) is 0 Å². The van der Waals surface area contributed by atoms with Gasteiger partial charge in [-0.05, 0) is 25.3 Å². The lowest BCUT2D eigenvalue weighted by atomic mass is 10.0. The Bertz CT molecular complexity index is 239. The van der Waals surface area contributed by atoms with E-state index in [1.165, 1.54) is 24.0 Å². The third kappa shape index (κ3) is 5.58. The molecule has 0 heterocycles. The van der Waals surface area contributed by atoms with Crippen LogP contribution in [0.5, 0.6) is 0 Å². The molecule has 14 heavy (non-hydrogen) atoms. The van der Waals surface area contributed by atoms with Crippen LogP contribution in [0.25, 0.3) is 0 Å². The van der Waals surface area contributed by atoms with Gasteiger partial charge in [-0.1, -0.05) is 62.8 Å². The average Bonchev–Trinajstić information content (AvgIpc) is 2.18. The highest BCUT2D eigenvalue weighted by Gasteiger charge is 1.93. The Hall–Kier alpha value is -1.04. The van der Waals surface area contributed by atoms with E-state index in [0.717, 1.165) is 6.42 Å². The van der Waals surface area contributed by atoms with Gasteiger partial charge in [-0.3, -0.25) is 0 Å². The molecule has 0 aliphatic carbocycles. The van der Waals surface area contributed by atoms with E-state index < -0.39 is 0 Å². The Balaban J connectivity index is 4.67. The maximum absolute atomic E-state index is 3.68. The third-order valence-electron chi connectivity index (χ3n) is 2.06. The monoisotopic (exact) mass is 190 g/mol. The quantitative estimate of drug-likeness (QED) is 0.527. The van der Waals surface area contributed by atoms with Crippen LogP contribution >= 0.6 is 0 Å². The normalized spacial score (nSPS) is 13.6. The second-order valence-electron chi connectivity index (χ2n) is 3.39.